The van der Waals surface area contributed by atoms with E-state index in [-0.39, 0.29) is 0 Å². The molecular formula is C11H6Cl2FNO. The Morgan fingerprint density at radius 2 is 1.81 bits per heavy atom. The molecule has 1 heterocycles. The van der Waals surface area contributed by atoms with Crippen molar-refractivity contribution < 1.29 is 4.39 Å². The Balaban J connectivity index is 2.68. The van der Waals surface area contributed by atoms with E-state index in [2.05, 4.69) is 4.98 Å². The van der Waals surface area contributed by atoms with E-state index in [0.717, 1.165) is 6.07 Å². The monoisotopic (exact) mass is 257 g/mol. The summed E-state index contributed by atoms with van der Waals surface area (Å²) < 4.78 is 13.1. The molecule has 1 N–H and O–H groups in total. The Kier molecular flexibility index (Phi) is 2.99. The Bertz CT molecular complexity index is 575. The predicted molar refractivity (Wildman–Crippen MR) is 62.5 cm³/mol. The normalized spacial score (nSPS) is 10.4. The van der Waals surface area contributed by atoms with Crippen LogP contribution in [0.2, 0.25) is 10.0 Å². The summed E-state index contributed by atoms with van der Waals surface area (Å²) in [5.74, 6) is -0.867. The summed E-state index contributed by atoms with van der Waals surface area (Å²) in [6.07, 6.45) is 1.37. The summed E-state index contributed by atoms with van der Waals surface area (Å²) in [6, 6.07) is 6.08. The van der Waals surface area contributed by atoms with Crippen LogP contribution in [0.3, 0.4) is 0 Å². The van der Waals surface area contributed by atoms with Gasteiger partial charge in [0.15, 0.2) is 5.82 Å². The van der Waals surface area contributed by atoms with Crippen LogP contribution in [0.15, 0.2) is 35.3 Å². The molecule has 1 aromatic heterocycles. The topological polar surface area (TPSA) is 32.9 Å². The summed E-state index contributed by atoms with van der Waals surface area (Å²) >= 11 is 11.9. The average molecular weight is 258 g/mol. The van der Waals surface area contributed by atoms with Gasteiger partial charge in [-0.1, -0.05) is 29.3 Å². The van der Waals surface area contributed by atoms with Crippen LogP contribution in [0.1, 0.15) is 0 Å². The molecule has 5 heteroatoms. The second kappa shape index (κ2) is 4.28. The molecule has 2 rings (SSSR count). The molecule has 0 bridgehead atoms. The van der Waals surface area contributed by atoms with Gasteiger partial charge in [-0.05, 0) is 18.2 Å². The molecule has 82 valence electrons. The van der Waals surface area contributed by atoms with Crippen LogP contribution in [0.25, 0.3) is 11.1 Å². The van der Waals surface area contributed by atoms with Crippen molar-refractivity contribution in [3.8, 4) is 11.1 Å². The molecule has 0 aliphatic carbocycles. The minimum atomic E-state index is -0.867. The lowest BCUT2D eigenvalue weighted by Crippen LogP contribution is -2.09. The van der Waals surface area contributed by atoms with Gasteiger partial charge in [0.1, 0.15) is 0 Å². The van der Waals surface area contributed by atoms with Crippen LogP contribution >= 0.6 is 23.2 Å². The van der Waals surface area contributed by atoms with Crippen LogP contribution < -0.4 is 5.56 Å². The van der Waals surface area contributed by atoms with E-state index in [1.54, 1.807) is 18.2 Å². The number of pyridine rings is 1. The largest absolute Gasteiger partial charge is 0.326 e. The number of aromatic nitrogens is 1. The summed E-state index contributed by atoms with van der Waals surface area (Å²) in [4.78, 5) is 13.1. The van der Waals surface area contributed by atoms with E-state index in [9.17, 15) is 9.18 Å². The first-order valence-corrected chi connectivity index (χ1v) is 5.18. The van der Waals surface area contributed by atoms with Gasteiger partial charge in [-0.3, -0.25) is 4.79 Å². The van der Waals surface area contributed by atoms with Crippen molar-refractivity contribution in [3.05, 3.63) is 56.7 Å². The molecule has 0 saturated carbocycles. The Morgan fingerprint density at radius 1 is 1.19 bits per heavy atom. The Hall–Kier alpha value is -1.32. The van der Waals surface area contributed by atoms with Crippen molar-refractivity contribution in [2.45, 2.75) is 0 Å². The molecule has 1 aromatic carbocycles. The number of halogens is 3. The number of aromatic amines is 1. The molecule has 2 nitrogen and oxygen atoms in total. The molecule has 0 aliphatic rings. The zero-order chi connectivity index (χ0) is 11.7. The second-order valence-electron chi connectivity index (χ2n) is 3.16. The summed E-state index contributed by atoms with van der Waals surface area (Å²) in [5.41, 5.74) is 0.167. The summed E-state index contributed by atoms with van der Waals surface area (Å²) in [5, 5.41) is 0.804. The molecule has 0 saturated heterocycles. The first kappa shape index (κ1) is 11.2. The molecule has 0 unspecified atom stereocenters. The van der Waals surface area contributed by atoms with Crippen molar-refractivity contribution in [1.82, 2.24) is 4.98 Å². The number of rotatable bonds is 1. The SMILES string of the molecule is O=c1[nH]cc(-c2c(Cl)cccc2Cl)cc1F. The fourth-order valence-corrected chi connectivity index (χ4v) is 1.99. The maximum atomic E-state index is 13.1. The van der Waals surface area contributed by atoms with Gasteiger partial charge in [0, 0.05) is 27.4 Å². The smallest absolute Gasteiger partial charge is 0.283 e. The molecule has 0 atom stereocenters. The van der Waals surface area contributed by atoms with Gasteiger partial charge < -0.3 is 4.98 Å². The zero-order valence-corrected chi connectivity index (χ0v) is 9.44. The first-order valence-electron chi connectivity index (χ1n) is 4.42. The minimum Gasteiger partial charge on any atom is -0.326 e. The van der Waals surface area contributed by atoms with Gasteiger partial charge in [-0.25, -0.2) is 4.39 Å². The molecule has 0 amide bonds. The van der Waals surface area contributed by atoms with Crippen molar-refractivity contribution in [2.75, 3.05) is 0 Å². The molecular weight excluding hydrogens is 252 g/mol. The number of hydrogen-bond acceptors (Lipinski definition) is 1. The lowest BCUT2D eigenvalue weighted by Gasteiger charge is -2.06. The lowest BCUT2D eigenvalue weighted by atomic mass is 10.1. The fraction of sp³-hybridized carbons (Fsp3) is 0. The first-order chi connectivity index (χ1) is 7.59. The van der Waals surface area contributed by atoms with Gasteiger partial charge in [-0.15, -0.1) is 0 Å². The van der Waals surface area contributed by atoms with Gasteiger partial charge in [0.05, 0.1) is 0 Å². The van der Waals surface area contributed by atoms with E-state index >= 15 is 0 Å². The number of hydrogen-bond donors (Lipinski definition) is 1. The third-order valence-corrected chi connectivity index (χ3v) is 2.74. The highest BCUT2D eigenvalue weighted by Gasteiger charge is 2.10. The zero-order valence-electron chi connectivity index (χ0n) is 7.93. The third-order valence-electron chi connectivity index (χ3n) is 2.11. The van der Waals surface area contributed by atoms with Crippen molar-refractivity contribution in [3.63, 3.8) is 0 Å². The van der Waals surface area contributed by atoms with Crippen LogP contribution in [-0.4, -0.2) is 4.98 Å². The van der Waals surface area contributed by atoms with Crippen LogP contribution in [0.4, 0.5) is 4.39 Å². The third kappa shape index (κ3) is 1.96. The Labute approximate surface area is 101 Å². The maximum absolute atomic E-state index is 13.1. The van der Waals surface area contributed by atoms with Crippen molar-refractivity contribution >= 4 is 23.2 Å². The van der Waals surface area contributed by atoms with Crippen LogP contribution in [0.5, 0.6) is 0 Å². The minimum absolute atomic E-state index is 0.402. The highest BCUT2D eigenvalue weighted by atomic mass is 35.5. The fourth-order valence-electron chi connectivity index (χ4n) is 1.37. The summed E-state index contributed by atoms with van der Waals surface area (Å²) in [7, 11) is 0. The lowest BCUT2D eigenvalue weighted by molar-refractivity contribution is 0.609. The quantitative estimate of drug-likeness (QED) is 0.834. The highest BCUT2D eigenvalue weighted by Crippen LogP contribution is 2.33. The molecule has 0 fully saturated rings. The summed E-state index contributed by atoms with van der Waals surface area (Å²) in [6.45, 7) is 0. The average Bonchev–Trinajstić information content (AvgIpc) is 2.23. The van der Waals surface area contributed by atoms with Crippen molar-refractivity contribution in [2.24, 2.45) is 0 Å². The highest BCUT2D eigenvalue weighted by molar-refractivity contribution is 6.39. The van der Waals surface area contributed by atoms with Gasteiger partial charge in [0.25, 0.3) is 5.56 Å². The number of nitrogens with one attached hydrogen (secondary N) is 1. The van der Waals surface area contributed by atoms with E-state index in [0.29, 0.717) is 21.2 Å². The molecule has 0 radical (unpaired) electrons. The Morgan fingerprint density at radius 3 is 2.38 bits per heavy atom. The van der Waals surface area contributed by atoms with Crippen molar-refractivity contribution in [1.29, 1.82) is 0 Å². The van der Waals surface area contributed by atoms with Crippen LogP contribution in [0, 0.1) is 5.82 Å². The number of H-pyrrole nitrogens is 1. The molecule has 0 spiro atoms. The number of benzene rings is 1. The molecule has 16 heavy (non-hydrogen) atoms. The van der Waals surface area contributed by atoms with Gasteiger partial charge >= 0.3 is 0 Å². The standard InChI is InChI=1S/C11H6Cl2FNO/c12-7-2-1-3-8(13)10(7)6-4-9(14)11(16)15-5-6/h1-5H,(H,15,16). The van der Waals surface area contributed by atoms with E-state index in [4.69, 9.17) is 23.2 Å². The van der Waals surface area contributed by atoms with E-state index in [1.807, 2.05) is 0 Å². The van der Waals surface area contributed by atoms with Gasteiger partial charge in [-0.2, -0.15) is 0 Å². The molecule has 2 aromatic rings. The van der Waals surface area contributed by atoms with E-state index in [1.165, 1.54) is 6.20 Å². The maximum Gasteiger partial charge on any atom is 0.283 e. The molecule has 0 aliphatic heterocycles. The van der Waals surface area contributed by atoms with Gasteiger partial charge in [0.2, 0.25) is 0 Å². The second-order valence-corrected chi connectivity index (χ2v) is 3.98. The van der Waals surface area contributed by atoms with Crippen LogP contribution in [-0.2, 0) is 0 Å². The van der Waals surface area contributed by atoms with E-state index < -0.39 is 11.4 Å². The predicted octanol–water partition coefficient (Wildman–Crippen LogP) is 3.49.